The van der Waals surface area contributed by atoms with Crippen LogP contribution in [-0.2, 0) is 15.9 Å². The Kier molecular flexibility index (Phi) is 6.85. The molecule has 0 fully saturated rings. The third-order valence-electron chi connectivity index (χ3n) is 2.76. The van der Waals surface area contributed by atoms with Crippen LogP contribution in [0.15, 0.2) is 4.52 Å². The number of nitrogens with two attached hydrogens (primary N) is 1. The van der Waals surface area contributed by atoms with Crippen molar-refractivity contribution in [1.82, 2.24) is 10.1 Å². The molecule has 1 heterocycles. The van der Waals surface area contributed by atoms with Crippen LogP contribution in [0, 0.1) is 5.92 Å². The average Bonchev–Trinajstić information content (AvgIpc) is 2.78. The second kappa shape index (κ2) is 8.18. The summed E-state index contributed by atoms with van der Waals surface area (Å²) in [5.74, 6) is 1.81. The summed E-state index contributed by atoms with van der Waals surface area (Å²) in [7, 11) is 1.65. The van der Waals surface area contributed by atoms with E-state index in [-0.39, 0.29) is 5.92 Å². The van der Waals surface area contributed by atoms with Gasteiger partial charge in [-0.1, -0.05) is 19.0 Å². The van der Waals surface area contributed by atoms with E-state index in [0.29, 0.717) is 50.4 Å². The Hall–Kier alpha value is -0.980. The van der Waals surface area contributed by atoms with Crippen LogP contribution in [0.2, 0.25) is 0 Å². The molecule has 1 aromatic rings. The lowest BCUT2D eigenvalue weighted by molar-refractivity contribution is 0.0714. The summed E-state index contributed by atoms with van der Waals surface area (Å²) in [6.45, 7) is 6.45. The highest BCUT2D eigenvalue weighted by Gasteiger charge is 2.20. The van der Waals surface area contributed by atoms with Gasteiger partial charge < -0.3 is 19.7 Å². The third kappa shape index (κ3) is 4.72. The van der Waals surface area contributed by atoms with Gasteiger partial charge in [0.15, 0.2) is 5.82 Å². The highest BCUT2D eigenvalue weighted by Crippen LogP contribution is 2.21. The fourth-order valence-electron chi connectivity index (χ4n) is 1.59. The first-order valence-corrected chi connectivity index (χ1v) is 6.28. The monoisotopic (exact) mass is 257 g/mol. The Morgan fingerprint density at radius 3 is 2.67 bits per heavy atom. The van der Waals surface area contributed by atoms with Crippen LogP contribution in [-0.4, -0.2) is 43.6 Å². The van der Waals surface area contributed by atoms with Crippen molar-refractivity contribution in [2.75, 3.05) is 33.5 Å². The fourth-order valence-corrected chi connectivity index (χ4v) is 1.59. The molecule has 0 aromatic carbocycles. The van der Waals surface area contributed by atoms with E-state index in [9.17, 15) is 0 Å². The maximum Gasteiger partial charge on any atom is 0.231 e. The van der Waals surface area contributed by atoms with Gasteiger partial charge in [0.1, 0.15) is 0 Å². The molecule has 0 bridgehead atoms. The lowest BCUT2D eigenvalue weighted by atomic mass is 9.96. The van der Waals surface area contributed by atoms with Crippen molar-refractivity contribution in [3.63, 3.8) is 0 Å². The van der Waals surface area contributed by atoms with Crippen molar-refractivity contribution < 1.29 is 14.0 Å². The topological polar surface area (TPSA) is 83.4 Å². The maximum absolute atomic E-state index is 5.70. The summed E-state index contributed by atoms with van der Waals surface area (Å²) >= 11 is 0. The van der Waals surface area contributed by atoms with Crippen LogP contribution in [0.1, 0.15) is 31.5 Å². The molecule has 6 heteroatoms. The lowest BCUT2D eigenvalue weighted by Crippen LogP contribution is -2.18. The van der Waals surface area contributed by atoms with Gasteiger partial charge in [0.2, 0.25) is 5.89 Å². The third-order valence-corrected chi connectivity index (χ3v) is 2.76. The summed E-state index contributed by atoms with van der Waals surface area (Å²) < 4.78 is 15.5. The zero-order valence-corrected chi connectivity index (χ0v) is 11.4. The second-order valence-corrected chi connectivity index (χ2v) is 4.49. The van der Waals surface area contributed by atoms with Crippen molar-refractivity contribution in [1.29, 1.82) is 0 Å². The Balaban J connectivity index is 2.38. The summed E-state index contributed by atoms with van der Waals surface area (Å²) in [5, 5.41) is 3.93. The molecule has 0 radical (unpaired) electrons. The van der Waals surface area contributed by atoms with Gasteiger partial charge in [-0.3, -0.25) is 0 Å². The Labute approximate surface area is 108 Å². The molecule has 0 aliphatic heterocycles. The molecule has 1 aromatic heterocycles. The highest BCUT2D eigenvalue weighted by molar-refractivity contribution is 4.96. The molecule has 1 unspecified atom stereocenters. The van der Waals surface area contributed by atoms with Crippen LogP contribution >= 0.6 is 0 Å². The van der Waals surface area contributed by atoms with E-state index >= 15 is 0 Å². The number of hydrogen-bond donors (Lipinski definition) is 1. The SMILES string of the molecule is COCCOCCc1noc(C(CN)C(C)C)n1. The number of aromatic nitrogens is 2. The molecule has 6 nitrogen and oxygen atoms in total. The molecular formula is C12H23N3O3. The van der Waals surface area contributed by atoms with Gasteiger partial charge in [-0.15, -0.1) is 0 Å². The summed E-state index contributed by atoms with van der Waals surface area (Å²) in [4.78, 5) is 4.35. The van der Waals surface area contributed by atoms with Crippen LogP contribution < -0.4 is 5.73 Å². The van der Waals surface area contributed by atoms with Crippen molar-refractivity contribution in [3.05, 3.63) is 11.7 Å². The molecule has 0 aliphatic carbocycles. The molecule has 0 saturated carbocycles. The summed E-state index contributed by atoms with van der Waals surface area (Å²) in [5.41, 5.74) is 5.70. The lowest BCUT2D eigenvalue weighted by Gasteiger charge is -2.13. The van der Waals surface area contributed by atoms with Crippen molar-refractivity contribution in [3.8, 4) is 0 Å². The minimum absolute atomic E-state index is 0.126. The molecule has 0 aliphatic rings. The van der Waals surface area contributed by atoms with E-state index in [1.165, 1.54) is 0 Å². The van der Waals surface area contributed by atoms with Gasteiger partial charge in [0.25, 0.3) is 0 Å². The summed E-state index contributed by atoms with van der Waals surface area (Å²) in [6, 6.07) is 0. The number of nitrogens with zero attached hydrogens (tertiary/aromatic N) is 2. The fraction of sp³-hybridized carbons (Fsp3) is 0.833. The van der Waals surface area contributed by atoms with E-state index < -0.39 is 0 Å². The minimum atomic E-state index is 0.126. The Bertz CT molecular complexity index is 328. The number of rotatable bonds is 9. The molecule has 0 saturated heterocycles. The molecular weight excluding hydrogens is 234 g/mol. The quantitative estimate of drug-likeness (QED) is 0.664. The molecule has 0 amide bonds. The molecule has 0 spiro atoms. The van der Waals surface area contributed by atoms with E-state index in [1.54, 1.807) is 7.11 Å². The molecule has 104 valence electrons. The Morgan fingerprint density at radius 1 is 1.28 bits per heavy atom. The zero-order valence-electron chi connectivity index (χ0n) is 11.4. The van der Waals surface area contributed by atoms with Gasteiger partial charge >= 0.3 is 0 Å². The first-order chi connectivity index (χ1) is 8.69. The first kappa shape index (κ1) is 15.1. The first-order valence-electron chi connectivity index (χ1n) is 6.28. The van der Waals surface area contributed by atoms with Gasteiger partial charge in [-0.2, -0.15) is 4.98 Å². The van der Waals surface area contributed by atoms with Crippen LogP contribution in [0.3, 0.4) is 0 Å². The van der Waals surface area contributed by atoms with Gasteiger partial charge in [0, 0.05) is 20.1 Å². The summed E-state index contributed by atoms with van der Waals surface area (Å²) in [6.07, 6.45) is 0.641. The largest absolute Gasteiger partial charge is 0.382 e. The van der Waals surface area contributed by atoms with E-state index in [4.69, 9.17) is 19.7 Å². The maximum atomic E-state index is 5.70. The number of methoxy groups -OCH3 is 1. The van der Waals surface area contributed by atoms with Gasteiger partial charge in [-0.25, -0.2) is 0 Å². The smallest absolute Gasteiger partial charge is 0.231 e. The predicted octanol–water partition coefficient (Wildman–Crippen LogP) is 0.973. The Morgan fingerprint density at radius 2 is 2.06 bits per heavy atom. The van der Waals surface area contributed by atoms with E-state index in [1.807, 2.05) is 0 Å². The molecule has 1 atom stereocenters. The van der Waals surface area contributed by atoms with Gasteiger partial charge in [0.05, 0.1) is 25.7 Å². The van der Waals surface area contributed by atoms with Crippen molar-refractivity contribution in [2.24, 2.45) is 11.7 Å². The van der Waals surface area contributed by atoms with Crippen molar-refractivity contribution >= 4 is 0 Å². The highest BCUT2D eigenvalue weighted by atomic mass is 16.5. The van der Waals surface area contributed by atoms with Crippen LogP contribution in [0.4, 0.5) is 0 Å². The van der Waals surface area contributed by atoms with Crippen LogP contribution in [0.25, 0.3) is 0 Å². The molecule has 18 heavy (non-hydrogen) atoms. The molecule has 1 rings (SSSR count). The van der Waals surface area contributed by atoms with E-state index in [2.05, 4.69) is 24.0 Å². The zero-order chi connectivity index (χ0) is 13.4. The van der Waals surface area contributed by atoms with Gasteiger partial charge in [-0.05, 0) is 5.92 Å². The standard InChI is InChI=1S/C12H23N3O3/c1-9(2)10(8-13)12-14-11(15-18-12)4-5-17-7-6-16-3/h9-10H,4-8,13H2,1-3H3. The molecule has 2 N–H and O–H groups in total. The van der Waals surface area contributed by atoms with E-state index in [0.717, 1.165) is 0 Å². The number of hydrogen-bond acceptors (Lipinski definition) is 6. The minimum Gasteiger partial charge on any atom is -0.382 e. The van der Waals surface area contributed by atoms with Crippen LogP contribution in [0.5, 0.6) is 0 Å². The average molecular weight is 257 g/mol. The number of ether oxygens (including phenoxy) is 2. The predicted molar refractivity (Wildman–Crippen MR) is 67.3 cm³/mol. The normalized spacial score (nSPS) is 13.2. The second-order valence-electron chi connectivity index (χ2n) is 4.49. The van der Waals surface area contributed by atoms with Crippen molar-refractivity contribution in [2.45, 2.75) is 26.2 Å².